The zero-order valence-corrected chi connectivity index (χ0v) is 9.40. The van der Waals surface area contributed by atoms with Gasteiger partial charge in [0, 0.05) is 22.7 Å². The number of anilines is 1. The van der Waals surface area contributed by atoms with E-state index in [4.69, 9.17) is 11.6 Å². The van der Waals surface area contributed by atoms with Gasteiger partial charge in [-0.1, -0.05) is 17.7 Å². The Bertz CT molecular complexity index is 383. The molecule has 80 valence electrons. The molecule has 0 aromatic heterocycles. The van der Waals surface area contributed by atoms with Gasteiger partial charge in [0.2, 0.25) is 0 Å². The minimum atomic E-state index is 0.366. The quantitative estimate of drug-likeness (QED) is 0.705. The molecule has 0 bridgehead atoms. The summed E-state index contributed by atoms with van der Waals surface area (Å²) >= 11 is 6.00. The van der Waals surface area contributed by atoms with E-state index in [9.17, 15) is 0 Å². The van der Waals surface area contributed by atoms with E-state index in [2.05, 4.69) is 16.7 Å². The molecule has 0 atom stereocenters. The van der Waals surface area contributed by atoms with Gasteiger partial charge < -0.3 is 10.6 Å². The minimum Gasteiger partial charge on any atom is -0.384 e. The van der Waals surface area contributed by atoms with Crippen molar-refractivity contribution >= 4 is 17.3 Å². The van der Waals surface area contributed by atoms with E-state index >= 15 is 0 Å². The maximum atomic E-state index is 6.00. The van der Waals surface area contributed by atoms with E-state index in [-0.39, 0.29) is 0 Å². The van der Waals surface area contributed by atoms with E-state index in [0.717, 1.165) is 24.7 Å². The first kappa shape index (κ1) is 9.49. The Hall–Kier alpha value is -0.730. The summed E-state index contributed by atoms with van der Waals surface area (Å²) in [4.78, 5) is 0. The molecule has 0 amide bonds. The Labute approximate surface area is 95.0 Å². The molecule has 3 heteroatoms. The fourth-order valence-electron chi connectivity index (χ4n) is 2.84. The standard InChI is InChI=1S/C12H15ClN2/c13-9-1-2-10-11(7-9)15-8-12(10)3-5-14-6-4-12/h1-2,7,14-15H,3-6,8H2. The van der Waals surface area contributed by atoms with Crippen LogP contribution in [-0.4, -0.2) is 19.6 Å². The fourth-order valence-corrected chi connectivity index (χ4v) is 3.01. The minimum absolute atomic E-state index is 0.366. The van der Waals surface area contributed by atoms with Gasteiger partial charge in [0.15, 0.2) is 0 Å². The molecule has 3 rings (SSSR count). The van der Waals surface area contributed by atoms with Gasteiger partial charge in [-0.25, -0.2) is 0 Å². The Kier molecular flexibility index (Phi) is 2.15. The van der Waals surface area contributed by atoms with Crippen LogP contribution in [0, 0.1) is 0 Å². The number of rotatable bonds is 0. The number of nitrogens with one attached hydrogen (secondary N) is 2. The van der Waals surface area contributed by atoms with Crippen LogP contribution in [-0.2, 0) is 5.41 Å². The lowest BCUT2D eigenvalue weighted by molar-refractivity contribution is 0.335. The van der Waals surface area contributed by atoms with E-state index in [1.54, 1.807) is 0 Å². The van der Waals surface area contributed by atoms with Crippen molar-refractivity contribution in [3.05, 3.63) is 28.8 Å². The van der Waals surface area contributed by atoms with Gasteiger partial charge in [-0.2, -0.15) is 0 Å². The van der Waals surface area contributed by atoms with E-state index in [1.165, 1.54) is 24.1 Å². The molecule has 0 saturated carbocycles. The van der Waals surface area contributed by atoms with Gasteiger partial charge in [0.25, 0.3) is 0 Å². The van der Waals surface area contributed by atoms with Crippen molar-refractivity contribution in [1.82, 2.24) is 5.32 Å². The molecular formula is C12H15ClN2. The number of benzene rings is 1. The van der Waals surface area contributed by atoms with Gasteiger partial charge in [-0.15, -0.1) is 0 Å². The Balaban J connectivity index is 2.03. The van der Waals surface area contributed by atoms with Crippen molar-refractivity contribution in [3.63, 3.8) is 0 Å². The molecule has 2 N–H and O–H groups in total. The molecule has 1 saturated heterocycles. The van der Waals surface area contributed by atoms with E-state index in [1.807, 2.05) is 12.1 Å². The third kappa shape index (κ3) is 1.44. The third-order valence-electron chi connectivity index (χ3n) is 3.73. The molecule has 0 radical (unpaired) electrons. The highest BCUT2D eigenvalue weighted by Crippen LogP contribution is 2.43. The Morgan fingerprint density at radius 3 is 2.80 bits per heavy atom. The van der Waals surface area contributed by atoms with Crippen molar-refractivity contribution in [1.29, 1.82) is 0 Å². The molecule has 1 aromatic carbocycles. The summed E-state index contributed by atoms with van der Waals surface area (Å²) in [5.74, 6) is 0. The topological polar surface area (TPSA) is 24.1 Å². The number of hydrogen-bond acceptors (Lipinski definition) is 2. The first-order valence-corrected chi connectivity index (χ1v) is 5.93. The molecule has 15 heavy (non-hydrogen) atoms. The summed E-state index contributed by atoms with van der Waals surface area (Å²) in [5, 5.41) is 7.74. The Morgan fingerprint density at radius 1 is 1.20 bits per heavy atom. The van der Waals surface area contributed by atoms with Crippen LogP contribution in [0.4, 0.5) is 5.69 Å². The molecule has 1 spiro atoms. The zero-order chi connectivity index (χ0) is 10.3. The summed E-state index contributed by atoms with van der Waals surface area (Å²) in [6.07, 6.45) is 2.46. The van der Waals surface area contributed by atoms with Gasteiger partial charge in [-0.3, -0.25) is 0 Å². The van der Waals surface area contributed by atoms with Crippen molar-refractivity contribution in [2.24, 2.45) is 0 Å². The van der Waals surface area contributed by atoms with Gasteiger partial charge in [-0.05, 0) is 43.6 Å². The molecule has 0 unspecified atom stereocenters. The molecule has 2 aliphatic heterocycles. The SMILES string of the molecule is Clc1ccc2c(c1)NCC21CCNCC1. The lowest BCUT2D eigenvalue weighted by atomic mass is 9.75. The van der Waals surface area contributed by atoms with Crippen molar-refractivity contribution in [3.8, 4) is 0 Å². The normalized spacial score (nSPS) is 22.5. The summed E-state index contributed by atoms with van der Waals surface area (Å²) in [6, 6.07) is 6.26. The van der Waals surface area contributed by atoms with E-state index < -0.39 is 0 Å². The van der Waals surface area contributed by atoms with Crippen LogP contribution in [0.3, 0.4) is 0 Å². The number of hydrogen-bond donors (Lipinski definition) is 2. The molecule has 2 nitrogen and oxygen atoms in total. The third-order valence-corrected chi connectivity index (χ3v) is 3.97. The predicted molar refractivity (Wildman–Crippen MR) is 63.7 cm³/mol. The smallest absolute Gasteiger partial charge is 0.0426 e. The molecule has 2 aliphatic rings. The highest BCUT2D eigenvalue weighted by Gasteiger charge is 2.39. The molecule has 2 heterocycles. The van der Waals surface area contributed by atoms with Crippen molar-refractivity contribution in [2.45, 2.75) is 18.3 Å². The van der Waals surface area contributed by atoms with Gasteiger partial charge >= 0.3 is 0 Å². The Morgan fingerprint density at radius 2 is 2.00 bits per heavy atom. The fraction of sp³-hybridized carbons (Fsp3) is 0.500. The highest BCUT2D eigenvalue weighted by atomic mass is 35.5. The first-order valence-electron chi connectivity index (χ1n) is 5.55. The van der Waals surface area contributed by atoms with Crippen molar-refractivity contribution < 1.29 is 0 Å². The first-order chi connectivity index (χ1) is 7.30. The van der Waals surface area contributed by atoms with E-state index in [0.29, 0.717) is 5.41 Å². The lowest BCUT2D eigenvalue weighted by Crippen LogP contribution is -2.41. The maximum Gasteiger partial charge on any atom is 0.0426 e. The summed E-state index contributed by atoms with van der Waals surface area (Å²) in [6.45, 7) is 3.33. The van der Waals surface area contributed by atoms with Crippen LogP contribution < -0.4 is 10.6 Å². The predicted octanol–water partition coefficient (Wildman–Crippen LogP) is 2.39. The maximum absolute atomic E-state index is 6.00. The van der Waals surface area contributed by atoms with Gasteiger partial charge in [0.1, 0.15) is 0 Å². The van der Waals surface area contributed by atoms with Crippen molar-refractivity contribution in [2.75, 3.05) is 25.0 Å². The molecule has 1 fully saturated rings. The van der Waals surface area contributed by atoms with Crippen LogP contribution in [0.1, 0.15) is 18.4 Å². The van der Waals surface area contributed by atoms with Crippen LogP contribution in [0.15, 0.2) is 18.2 Å². The van der Waals surface area contributed by atoms with Gasteiger partial charge in [0.05, 0.1) is 0 Å². The summed E-state index contributed by atoms with van der Waals surface area (Å²) in [5.41, 5.74) is 3.07. The summed E-state index contributed by atoms with van der Waals surface area (Å²) in [7, 11) is 0. The van der Waals surface area contributed by atoms with Crippen LogP contribution in [0.2, 0.25) is 5.02 Å². The van der Waals surface area contributed by atoms with Crippen LogP contribution in [0.25, 0.3) is 0 Å². The average molecular weight is 223 g/mol. The monoisotopic (exact) mass is 222 g/mol. The summed E-state index contributed by atoms with van der Waals surface area (Å²) < 4.78 is 0. The second-order valence-electron chi connectivity index (χ2n) is 4.57. The second kappa shape index (κ2) is 3.39. The number of piperidine rings is 1. The highest BCUT2D eigenvalue weighted by molar-refractivity contribution is 6.30. The van der Waals surface area contributed by atoms with Crippen LogP contribution in [0.5, 0.6) is 0 Å². The molecular weight excluding hydrogens is 208 g/mol. The largest absolute Gasteiger partial charge is 0.384 e. The second-order valence-corrected chi connectivity index (χ2v) is 5.01. The molecule has 0 aliphatic carbocycles. The average Bonchev–Trinajstić information content (AvgIpc) is 2.58. The zero-order valence-electron chi connectivity index (χ0n) is 8.65. The molecule has 1 aromatic rings. The lowest BCUT2D eigenvalue weighted by Gasteiger charge is -2.33. The number of fused-ring (bicyclic) bond motifs is 2. The number of halogens is 1. The van der Waals surface area contributed by atoms with Crippen LogP contribution >= 0.6 is 11.6 Å².